The predicted molar refractivity (Wildman–Crippen MR) is 63.6 cm³/mol. The molecule has 0 rings (SSSR count). The highest BCUT2D eigenvalue weighted by Gasteiger charge is 2.11. The van der Waals surface area contributed by atoms with E-state index in [0.717, 1.165) is 12.3 Å². The Bertz CT molecular complexity index is 205. The van der Waals surface area contributed by atoms with Crippen LogP contribution in [0.5, 0.6) is 0 Å². The van der Waals surface area contributed by atoms with Crippen LogP contribution in [-0.2, 0) is 9.53 Å². The molecule has 0 fully saturated rings. The van der Waals surface area contributed by atoms with Crippen LogP contribution in [0, 0.1) is 17.8 Å². The van der Waals surface area contributed by atoms with Crippen LogP contribution in [0.15, 0.2) is 12.2 Å². The Hall–Kier alpha value is -0.790. The van der Waals surface area contributed by atoms with Gasteiger partial charge in [-0.3, -0.25) is 0 Å². The highest BCUT2D eigenvalue weighted by Crippen LogP contribution is 2.21. The largest absolute Gasteiger partial charge is 0.466 e. The first-order chi connectivity index (χ1) is 6.97. The zero-order chi connectivity index (χ0) is 11.8. The molecule has 0 saturated carbocycles. The van der Waals surface area contributed by atoms with Gasteiger partial charge >= 0.3 is 5.97 Å². The summed E-state index contributed by atoms with van der Waals surface area (Å²) < 4.78 is 4.58. The Labute approximate surface area is 93.7 Å². The minimum absolute atomic E-state index is 0.259. The average molecular weight is 212 g/mol. The molecular formula is C13H24O2. The molecule has 0 spiro atoms. The molecule has 15 heavy (non-hydrogen) atoms. The van der Waals surface area contributed by atoms with Crippen LogP contribution in [-0.4, -0.2) is 13.1 Å². The first kappa shape index (κ1) is 14.2. The fourth-order valence-electron chi connectivity index (χ4n) is 1.45. The summed E-state index contributed by atoms with van der Waals surface area (Å²) in [6.07, 6.45) is 5.88. The van der Waals surface area contributed by atoms with E-state index < -0.39 is 0 Å². The standard InChI is InChI=1S/C13H24O2/c1-10(2)6-7-12(11(3)4)8-9-13(14)15-5/h8-12H,6-7H2,1-5H3. The lowest BCUT2D eigenvalue weighted by Crippen LogP contribution is -2.08. The number of allylic oxidation sites excluding steroid dienone is 1. The molecule has 1 unspecified atom stereocenters. The molecule has 88 valence electrons. The second-order valence-corrected chi connectivity index (χ2v) is 4.76. The second-order valence-electron chi connectivity index (χ2n) is 4.76. The molecule has 0 radical (unpaired) electrons. The van der Waals surface area contributed by atoms with E-state index in [1.807, 2.05) is 6.08 Å². The zero-order valence-electron chi connectivity index (χ0n) is 10.6. The Balaban J connectivity index is 4.15. The highest BCUT2D eigenvalue weighted by atomic mass is 16.5. The lowest BCUT2D eigenvalue weighted by atomic mass is 9.88. The summed E-state index contributed by atoms with van der Waals surface area (Å²) in [4.78, 5) is 11.0. The zero-order valence-corrected chi connectivity index (χ0v) is 10.6. The molecule has 0 N–H and O–H groups in total. The van der Waals surface area contributed by atoms with Crippen molar-refractivity contribution < 1.29 is 9.53 Å². The van der Waals surface area contributed by atoms with Gasteiger partial charge in [-0.15, -0.1) is 0 Å². The second kappa shape index (κ2) is 7.49. The van der Waals surface area contributed by atoms with Gasteiger partial charge in [0.1, 0.15) is 0 Å². The number of esters is 1. The van der Waals surface area contributed by atoms with Gasteiger partial charge in [-0.05, 0) is 24.2 Å². The molecule has 0 aliphatic heterocycles. The molecule has 0 bridgehead atoms. The Morgan fingerprint density at radius 3 is 2.20 bits per heavy atom. The van der Waals surface area contributed by atoms with E-state index in [0.29, 0.717) is 11.8 Å². The van der Waals surface area contributed by atoms with Gasteiger partial charge in [-0.2, -0.15) is 0 Å². The molecule has 0 aliphatic rings. The first-order valence-corrected chi connectivity index (χ1v) is 5.73. The van der Waals surface area contributed by atoms with Crippen LogP contribution in [0.3, 0.4) is 0 Å². The van der Waals surface area contributed by atoms with Crippen molar-refractivity contribution in [2.45, 2.75) is 40.5 Å². The van der Waals surface area contributed by atoms with Crippen LogP contribution in [0.4, 0.5) is 0 Å². The van der Waals surface area contributed by atoms with Crippen LogP contribution in [0.2, 0.25) is 0 Å². The molecule has 0 saturated heterocycles. The Kier molecular flexibility index (Phi) is 7.10. The van der Waals surface area contributed by atoms with Crippen molar-refractivity contribution in [3.63, 3.8) is 0 Å². The fourth-order valence-corrected chi connectivity index (χ4v) is 1.45. The third-order valence-electron chi connectivity index (χ3n) is 2.61. The molecule has 0 amide bonds. The molecule has 0 heterocycles. The molecule has 0 aromatic carbocycles. The maximum atomic E-state index is 11.0. The summed E-state index contributed by atoms with van der Waals surface area (Å²) >= 11 is 0. The minimum Gasteiger partial charge on any atom is -0.466 e. The summed E-state index contributed by atoms with van der Waals surface area (Å²) in [5.74, 6) is 1.51. The smallest absolute Gasteiger partial charge is 0.330 e. The summed E-state index contributed by atoms with van der Waals surface area (Å²) in [7, 11) is 1.41. The molecule has 2 heteroatoms. The van der Waals surface area contributed by atoms with Crippen molar-refractivity contribution >= 4 is 5.97 Å². The summed E-state index contributed by atoms with van der Waals surface area (Å²) in [5, 5.41) is 0. The number of carbonyl (C=O) groups is 1. The fraction of sp³-hybridized carbons (Fsp3) is 0.769. The Morgan fingerprint density at radius 2 is 1.80 bits per heavy atom. The van der Waals surface area contributed by atoms with Crippen molar-refractivity contribution in [3.8, 4) is 0 Å². The number of carbonyl (C=O) groups excluding carboxylic acids is 1. The highest BCUT2D eigenvalue weighted by molar-refractivity contribution is 5.81. The van der Waals surface area contributed by atoms with E-state index in [4.69, 9.17) is 0 Å². The van der Waals surface area contributed by atoms with Gasteiger partial charge < -0.3 is 4.74 Å². The third-order valence-corrected chi connectivity index (χ3v) is 2.61. The molecule has 0 aromatic rings. The molecular weight excluding hydrogens is 188 g/mol. The molecule has 0 aromatic heterocycles. The Morgan fingerprint density at radius 1 is 1.20 bits per heavy atom. The van der Waals surface area contributed by atoms with Crippen LogP contribution < -0.4 is 0 Å². The van der Waals surface area contributed by atoms with Gasteiger partial charge in [0.2, 0.25) is 0 Å². The number of rotatable bonds is 6. The number of hydrogen-bond acceptors (Lipinski definition) is 2. The predicted octanol–water partition coefficient (Wildman–Crippen LogP) is 3.42. The van der Waals surface area contributed by atoms with Crippen LogP contribution in [0.1, 0.15) is 40.5 Å². The SMILES string of the molecule is COC(=O)C=CC(CCC(C)C)C(C)C. The van der Waals surface area contributed by atoms with Gasteiger partial charge in [0.15, 0.2) is 0 Å². The van der Waals surface area contributed by atoms with E-state index >= 15 is 0 Å². The summed E-state index contributed by atoms with van der Waals surface area (Å²) in [6, 6.07) is 0. The van der Waals surface area contributed by atoms with Crippen LogP contribution in [0.25, 0.3) is 0 Å². The van der Waals surface area contributed by atoms with Crippen molar-refractivity contribution in [3.05, 3.63) is 12.2 Å². The summed E-state index contributed by atoms with van der Waals surface area (Å²) in [6.45, 7) is 8.82. The lowest BCUT2D eigenvalue weighted by Gasteiger charge is -2.17. The number of ether oxygens (including phenoxy) is 1. The van der Waals surface area contributed by atoms with Crippen molar-refractivity contribution in [1.29, 1.82) is 0 Å². The van der Waals surface area contributed by atoms with Gasteiger partial charge in [0, 0.05) is 6.08 Å². The maximum Gasteiger partial charge on any atom is 0.330 e. The molecule has 0 aliphatic carbocycles. The molecule has 1 atom stereocenters. The van der Waals surface area contributed by atoms with Gasteiger partial charge in [-0.25, -0.2) is 4.79 Å². The summed E-state index contributed by atoms with van der Waals surface area (Å²) in [5.41, 5.74) is 0. The maximum absolute atomic E-state index is 11.0. The van der Waals surface area contributed by atoms with Gasteiger partial charge in [0.25, 0.3) is 0 Å². The topological polar surface area (TPSA) is 26.3 Å². The normalized spacial score (nSPS) is 13.8. The molecule has 2 nitrogen and oxygen atoms in total. The van der Waals surface area contributed by atoms with Crippen LogP contribution >= 0.6 is 0 Å². The third kappa shape index (κ3) is 7.18. The average Bonchev–Trinajstić information content (AvgIpc) is 2.16. The van der Waals surface area contributed by atoms with Gasteiger partial charge in [-0.1, -0.05) is 40.2 Å². The van der Waals surface area contributed by atoms with E-state index in [9.17, 15) is 4.79 Å². The van der Waals surface area contributed by atoms with E-state index in [2.05, 4.69) is 32.4 Å². The quantitative estimate of drug-likeness (QED) is 0.498. The van der Waals surface area contributed by atoms with Crippen molar-refractivity contribution in [2.75, 3.05) is 7.11 Å². The first-order valence-electron chi connectivity index (χ1n) is 5.73. The van der Waals surface area contributed by atoms with E-state index in [-0.39, 0.29) is 5.97 Å². The number of methoxy groups -OCH3 is 1. The minimum atomic E-state index is -0.259. The number of hydrogen-bond donors (Lipinski definition) is 0. The van der Waals surface area contributed by atoms with E-state index in [1.165, 1.54) is 13.5 Å². The van der Waals surface area contributed by atoms with E-state index in [1.54, 1.807) is 6.08 Å². The lowest BCUT2D eigenvalue weighted by molar-refractivity contribution is -0.134. The monoisotopic (exact) mass is 212 g/mol. The van der Waals surface area contributed by atoms with Gasteiger partial charge in [0.05, 0.1) is 7.11 Å². The van der Waals surface area contributed by atoms with Crippen molar-refractivity contribution in [2.24, 2.45) is 17.8 Å². The van der Waals surface area contributed by atoms with Crippen molar-refractivity contribution in [1.82, 2.24) is 0 Å².